The Morgan fingerprint density at radius 3 is 2.74 bits per heavy atom. The summed E-state index contributed by atoms with van der Waals surface area (Å²) in [6, 6.07) is 13.7. The highest BCUT2D eigenvalue weighted by molar-refractivity contribution is 9.10. The van der Waals surface area contributed by atoms with Crippen molar-refractivity contribution in [2.75, 3.05) is 5.32 Å². The van der Waals surface area contributed by atoms with Crippen molar-refractivity contribution in [3.05, 3.63) is 69.9 Å². The number of hydrogen-bond donors (Lipinski definition) is 1. The highest BCUT2D eigenvalue weighted by Crippen LogP contribution is 2.30. The van der Waals surface area contributed by atoms with Gasteiger partial charge in [-0.3, -0.25) is 4.79 Å². The number of rotatable bonds is 4. The predicted octanol–water partition coefficient (Wildman–Crippen LogP) is 4.89. The van der Waals surface area contributed by atoms with Gasteiger partial charge in [-0.2, -0.15) is 0 Å². The van der Waals surface area contributed by atoms with Crippen molar-refractivity contribution in [2.24, 2.45) is 0 Å². The van der Waals surface area contributed by atoms with Gasteiger partial charge in [0.25, 0.3) is 0 Å². The second-order valence-corrected chi connectivity index (χ2v) is 6.66. The van der Waals surface area contributed by atoms with Crippen LogP contribution in [0.5, 0.6) is 0 Å². The highest BCUT2D eigenvalue weighted by atomic mass is 79.9. The van der Waals surface area contributed by atoms with Gasteiger partial charge in [-0.15, -0.1) is 11.3 Å². The summed E-state index contributed by atoms with van der Waals surface area (Å²) >= 11 is 4.73. The molecule has 0 saturated heterocycles. The van der Waals surface area contributed by atoms with Crippen molar-refractivity contribution < 1.29 is 9.18 Å². The van der Waals surface area contributed by atoms with E-state index in [9.17, 15) is 9.18 Å². The van der Waals surface area contributed by atoms with E-state index >= 15 is 0 Å². The number of nitrogens with one attached hydrogen (secondary N) is 1. The van der Waals surface area contributed by atoms with Crippen LogP contribution in [0.4, 0.5) is 9.39 Å². The molecule has 0 atom stereocenters. The first-order valence-electron chi connectivity index (χ1n) is 6.85. The van der Waals surface area contributed by atoms with E-state index in [-0.39, 0.29) is 18.1 Å². The molecule has 0 aliphatic rings. The van der Waals surface area contributed by atoms with E-state index in [1.54, 1.807) is 17.6 Å². The number of benzene rings is 2. The molecule has 0 aliphatic carbocycles. The Bertz CT molecular complexity index is 833. The topological polar surface area (TPSA) is 42.0 Å². The van der Waals surface area contributed by atoms with Crippen molar-refractivity contribution >= 4 is 38.2 Å². The maximum Gasteiger partial charge on any atom is 0.229 e. The van der Waals surface area contributed by atoms with E-state index in [0.717, 1.165) is 15.6 Å². The maximum atomic E-state index is 13.0. The fraction of sp³-hybridized carbons (Fsp3) is 0.0588. The molecule has 0 unspecified atom stereocenters. The normalized spacial score (nSPS) is 10.5. The van der Waals surface area contributed by atoms with Crippen LogP contribution in [0.25, 0.3) is 11.3 Å². The molecule has 2 aromatic carbocycles. The molecule has 3 aromatic rings. The number of carbonyl (C=O) groups is 1. The van der Waals surface area contributed by atoms with Crippen LogP contribution in [0.1, 0.15) is 5.56 Å². The Morgan fingerprint density at radius 2 is 2.00 bits per heavy atom. The molecule has 1 aromatic heterocycles. The van der Waals surface area contributed by atoms with Crippen LogP contribution < -0.4 is 5.32 Å². The van der Waals surface area contributed by atoms with E-state index in [1.807, 2.05) is 24.3 Å². The summed E-state index contributed by atoms with van der Waals surface area (Å²) in [6.45, 7) is 0. The van der Waals surface area contributed by atoms with Crippen LogP contribution >= 0.6 is 27.3 Å². The van der Waals surface area contributed by atoms with Crippen LogP contribution in [0.3, 0.4) is 0 Å². The van der Waals surface area contributed by atoms with Crippen LogP contribution in [-0.2, 0) is 11.2 Å². The molecule has 6 heteroatoms. The van der Waals surface area contributed by atoms with Gasteiger partial charge in [-0.25, -0.2) is 9.37 Å². The fourth-order valence-electron chi connectivity index (χ4n) is 2.15. The van der Waals surface area contributed by atoms with Crippen molar-refractivity contribution in [3.63, 3.8) is 0 Å². The number of nitrogens with zero attached hydrogens (tertiary/aromatic N) is 1. The molecule has 0 fully saturated rings. The van der Waals surface area contributed by atoms with Gasteiger partial charge in [0.1, 0.15) is 16.5 Å². The fourth-order valence-corrected chi connectivity index (χ4v) is 3.32. The number of anilines is 1. The van der Waals surface area contributed by atoms with E-state index in [2.05, 4.69) is 26.2 Å². The van der Waals surface area contributed by atoms with Gasteiger partial charge in [0.05, 0.1) is 11.9 Å². The van der Waals surface area contributed by atoms with Crippen LogP contribution in [-0.4, -0.2) is 10.9 Å². The summed E-state index contributed by atoms with van der Waals surface area (Å²) in [5.74, 6) is -0.417. The molecule has 0 saturated carbocycles. The highest BCUT2D eigenvalue weighted by Gasteiger charge is 2.12. The predicted molar refractivity (Wildman–Crippen MR) is 94.0 cm³/mol. The van der Waals surface area contributed by atoms with Crippen molar-refractivity contribution in [2.45, 2.75) is 6.42 Å². The molecule has 0 aliphatic heterocycles. The van der Waals surface area contributed by atoms with Crippen molar-refractivity contribution in [3.8, 4) is 11.3 Å². The molecule has 1 N–H and O–H groups in total. The van der Waals surface area contributed by atoms with Crippen molar-refractivity contribution in [1.29, 1.82) is 0 Å². The number of thiazole rings is 1. The summed E-state index contributed by atoms with van der Waals surface area (Å²) in [6.07, 6.45) is 0.278. The van der Waals surface area contributed by atoms with Crippen molar-refractivity contribution in [1.82, 2.24) is 4.98 Å². The lowest BCUT2D eigenvalue weighted by atomic mass is 10.1. The Labute approximate surface area is 145 Å². The van der Waals surface area contributed by atoms with E-state index in [4.69, 9.17) is 0 Å². The third-order valence-corrected chi connectivity index (χ3v) is 4.43. The molecule has 116 valence electrons. The molecule has 0 radical (unpaired) electrons. The second-order valence-electron chi connectivity index (χ2n) is 4.89. The first-order chi connectivity index (χ1) is 11.1. The Balaban J connectivity index is 1.75. The maximum absolute atomic E-state index is 13.0. The number of hydrogen-bond acceptors (Lipinski definition) is 3. The molecule has 3 rings (SSSR count). The average Bonchev–Trinajstić information content (AvgIpc) is 2.96. The van der Waals surface area contributed by atoms with Crippen LogP contribution in [0.15, 0.2) is 58.5 Å². The molecule has 1 heterocycles. The number of carbonyl (C=O) groups excluding carboxylic acids is 1. The Morgan fingerprint density at radius 1 is 1.22 bits per heavy atom. The van der Waals surface area contributed by atoms with Crippen LogP contribution in [0, 0.1) is 5.82 Å². The zero-order valence-electron chi connectivity index (χ0n) is 11.9. The summed E-state index contributed by atoms with van der Waals surface area (Å²) in [7, 11) is 0. The Kier molecular flexibility index (Phi) is 4.83. The van der Waals surface area contributed by atoms with Gasteiger partial charge < -0.3 is 5.32 Å². The number of aromatic nitrogens is 1. The third-order valence-electron chi connectivity index (χ3n) is 3.19. The monoisotopic (exact) mass is 390 g/mol. The lowest BCUT2D eigenvalue weighted by Gasteiger charge is -2.06. The molecular weight excluding hydrogens is 379 g/mol. The van der Waals surface area contributed by atoms with Gasteiger partial charge >= 0.3 is 0 Å². The van der Waals surface area contributed by atoms with E-state index in [0.29, 0.717) is 10.7 Å². The van der Waals surface area contributed by atoms with Gasteiger partial charge in [-0.05, 0) is 42.0 Å². The van der Waals surface area contributed by atoms with Gasteiger partial charge in [0.2, 0.25) is 5.91 Å². The minimum absolute atomic E-state index is 0.115. The van der Waals surface area contributed by atoms with Gasteiger partial charge in [0.15, 0.2) is 0 Å². The first kappa shape index (κ1) is 15.8. The zero-order valence-corrected chi connectivity index (χ0v) is 14.3. The molecular formula is C17H12BrFN2OS. The summed E-state index contributed by atoms with van der Waals surface area (Å²) in [5, 5.41) is 3.54. The molecule has 1 amide bonds. The standard InChI is InChI=1S/C17H12BrFN2OS/c18-13-3-1-2-11(8-13)9-15(22)21-17-16(20-10-23-17)12-4-6-14(19)7-5-12/h1-8,10H,9H2,(H,21,22). The van der Waals surface area contributed by atoms with Gasteiger partial charge in [0, 0.05) is 10.0 Å². The number of amides is 1. The first-order valence-corrected chi connectivity index (χ1v) is 8.53. The lowest BCUT2D eigenvalue weighted by Crippen LogP contribution is -2.14. The molecule has 0 bridgehead atoms. The quantitative estimate of drug-likeness (QED) is 0.688. The molecule has 23 heavy (non-hydrogen) atoms. The van der Waals surface area contributed by atoms with Crippen LogP contribution in [0.2, 0.25) is 0 Å². The lowest BCUT2D eigenvalue weighted by molar-refractivity contribution is -0.115. The van der Waals surface area contributed by atoms with E-state index in [1.165, 1.54) is 23.5 Å². The average molecular weight is 391 g/mol. The largest absolute Gasteiger partial charge is 0.316 e. The second kappa shape index (κ2) is 7.02. The molecule has 3 nitrogen and oxygen atoms in total. The summed E-state index contributed by atoms with van der Waals surface area (Å²) in [4.78, 5) is 16.5. The van der Waals surface area contributed by atoms with E-state index < -0.39 is 0 Å². The smallest absolute Gasteiger partial charge is 0.229 e. The summed E-state index contributed by atoms with van der Waals surface area (Å²) in [5.41, 5.74) is 4.00. The minimum Gasteiger partial charge on any atom is -0.316 e. The molecule has 0 spiro atoms. The summed E-state index contributed by atoms with van der Waals surface area (Å²) < 4.78 is 14.0. The SMILES string of the molecule is O=C(Cc1cccc(Br)c1)Nc1scnc1-c1ccc(F)cc1. The zero-order chi connectivity index (χ0) is 16.2. The third kappa shape index (κ3) is 4.03. The Hall–Kier alpha value is -2.05. The number of halogens is 2. The van der Waals surface area contributed by atoms with Gasteiger partial charge in [-0.1, -0.05) is 28.1 Å². The minimum atomic E-state index is -0.302.